The molecule has 5 aromatic rings. The molecule has 0 fully saturated rings. The van der Waals surface area contributed by atoms with Gasteiger partial charge in [-0.25, -0.2) is 27.6 Å². The summed E-state index contributed by atoms with van der Waals surface area (Å²) < 4.78 is 52.4. The fourth-order valence-electron chi connectivity index (χ4n) is 4.69. The Kier molecular flexibility index (Phi) is 8.32. The van der Waals surface area contributed by atoms with E-state index >= 15 is 4.39 Å². The fraction of sp³-hybridized carbons (Fsp3) is 0.194. The van der Waals surface area contributed by atoms with Crippen LogP contribution in [0.4, 0.5) is 4.39 Å². The number of hydrogen-bond donors (Lipinski definition) is 1. The number of methoxy groups -OCH3 is 1. The summed E-state index contributed by atoms with van der Waals surface area (Å²) in [6.07, 6.45) is 1.33. The Morgan fingerprint density at radius 1 is 0.976 bits per heavy atom. The SMILES string of the molecule is COCCn1c(Cc2ccc(-c3cccc(OCc4ccccc4S(C)(=O)=O)n3)cc2F)nc2ccc(C(=O)O)cc21. The molecule has 0 aliphatic rings. The lowest BCUT2D eigenvalue weighted by molar-refractivity contribution is 0.0697. The first-order valence-electron chi connectivity index (χ1n) is 13.0. The molecule has 11 heteroatoms. The van der Waals surface area contributed by atoms with E-state index in [1.165, 1.54) is 18.2 Å². The second kappa shape index (κ2) is 12.1. The molecule has 0 aliphatic heterocycles. The molecule has 0 bridgehead atoms. The maximum absolute atomic E-state index is 15.4. The number of hydrogen-bond acceptors (Lipinski definition) is 7. The van der Waals surface area contributed by atoms with Gasteiger partial charge in [-0.2, -0.15) is 0 Å². The lowest BCUT2D eigenvalue weighted by Gasteiger charge is -2.11. The van der Waals surface area contributed by atoms with Crippen LogP contribution in [0.3, 0.4) is 0 Å². The molecule has 216 valence electrons. The van der Waals surface area contributed by atoms with Crippen LogP contribution in [0, 0.1) is 5.82 Å². The Morgan fingerprint density at radius 3 is 2.52 bits per heavy atom. The summed E-state index contributed by atoms with van der Waals surface area (Å²) in [5.74, 6) is -0.632. The average Bonchev–Trinajstić information content (AvgIpc) is 3.31. The fourth-order valence-corrected chi connectivity index (χ4v) is 5.61. The number of carboxylic acid groups (broad SMARTS) is 1. The Bertz CT molecular complexity index is 1890. The van der Waals surface area contributed by atoms with E-state index < -0.39 is 21.6 Å². The second-order valence-corrected chi connectivity index (χ2v) is 11.7. The predicted molar refractivity (Wildman–Crippen MR) is 155 cm³/mol. The minimum atomic E-state index is -3.42. The maximum atomic E-state index is 15.4. The molecule has 5 rings (SSSR count). The Balaban J connectivity index is 1.38. The third-order valence-corrected chi connectivity index (χ3v) is 7.96. The zero-order valence-corrected chi connectivity index (χ0v) is 23.8. The highest BCUT2D eigenvalue weighted by molar-refractivity contribution is 7.90. The lowest BCUT2D eigenvalue weighted by Crippen LogP contribution is -2.10. The van der Waals surface area contributed by atoms with Gasteiger partial charge < -0.3 is 19.1 Å². The summed E-state index contributed by atoms with van der Waals surface area (Å²) in [6.45, 7) is 0.808. The number of sulfone groups is 1. The zero-order chi connectivity index (χ0) is 29.9. The molecule has 0 spiro atoms. The average molecular weight is 590 g/mol. The Labute approximate surface area is 242 Å². The van der Waals surface area contributed by atoms with Crippen LogP contribution < -0.4 is 4.74 Å². The molecule has 2 aromatic heterocycles. The van der Waals surface area contributed by atoms with Gasteiger partial charge in [0.15, 0.2) is 9.84 Å². The number of aromatic carboxylic acids is 1. The lowest BCUT2D eigenvalue weighted by atomic mass is 10.1. The van der Waals surface area contributed by atoms with E-state index in [2.05, 4.69) is 9.97 Å². The molecule has 0 unspecified atom stereocenters. The molecule has 0 saturated heterocycles. The van der Waals surface area contributed by atoms with Crippen molar-refractivity contribution in [2.45, 2.75) is 24.5 Å². The van der Waals surface area contributed by atoms with E-state index in [-0.39, 0.29) is 29.4 Å². The molecule has 2 heterocycles. The van der Waals surface area contributed by atoms with Gasteiger partial charge in [-0.3, -0.25) is 0 Å². The van der Waals surface area contributed by atoms with Crippen molar-refractivity contribution in [3.05, 3.63) is 107 Å². The van der Waals surface area contributed by atoms with E-state index in [1.807, 2.05) is 4.57 Å². The molecular weight excluding hydrogens is 561 g/mol. The molecule has 0 radical (unpaired) electrons. The highest BCUT2D eigenvalue weighted by atomic mass is 32.2. The molecule has 42 heavy (non-hydrogen) atoms. The smallest absolute Gasteiger partial charge is 0.335 e. The monoisotopic (exact) mass is 589 g/mol. The minimum Gasteiger partial charge on any atom is -0.478 e. The van der Waals surface area contributed by atoms with Gasteiger partial charge in [-0.1, -0.05) is 36.4 Å². The van der Waals surface area contributed by atoms with Crippen molar-refractivity contribution in [3.63, 3.8) is 0 Å². The van der Waals surface area contributed by atoms with Crippen molar-refractivity contribution in [1.29, 1.82) is 0 Å². The van der Waals surface area contributed by atoms with Crippen molar-refractivity contribution in [3.8, 4) is 17.1 Å². The van der Waals surface area contributed by atoms with Gasteiger partial charge in [-0.15, -0.1) is 0 Å². The number of carboxylic acids is 1. The molecule has 0 aliphatic carbocycles. The van der Waals surface area contributed by atoms with E-state index in [0.717, 1.165) is 6.26 Å². The number of ether oxygens (including phenoxy) is 2. The number of fused-ring (bicyclic) bond motifs is 1. The third-order valence-electron chi connectivity index (χ3n) is 6.76. The van der Waals surface area contributed by atoms with E-state index in [4.69, 9.17) is 9.47 Å². The highest BCUT2D eigenvalue weighted by Crippen LogP contribution is 2.26. The number of benzene rings is 3. The van der Waals surface area contributed by atoms with Gasteiger partial charge in [-0.05, 0) is 42.0 Å². The van der Waals surface area contributed by atoms with Crippen molar-refractivity contribution >= 4 is 26.8 Å². The third kappa shape index (κ3) is 6.32. The normalized spacial score (nSPS) is 11.6. The van der Waals surface area contributed by atoms with Crippen molar-refractivity contribution in [2.24, 2.45) is 0 Å². The van der Waals surface area contributed by atoms with Crippen LogP contribution in [0.5, 0.6) is 5.88 Å². The van der Waals surface area contributed by atoms with Crippen LogP contribution >= 0.6 is 0 Å². The summed E-state index contributed by atoms with van der Waals surface area (Å²) in [6, 6.07) is 21.2. The summed E-state index contributed by atoms with van der Waals surface area (Å²) in [4.78, 5) is 20.8. The van der Waals surface area contributed by atoms with Gasteiger partial charge in [0, 0.05) is 43.5 Å². The van der Waals surface area contributed by atoms with Crippen molar-refractivity contribution in [1.82, 2.24) is 14.5 Å². The number of halogens is 1. The number of aromatic nitrogens is 3. The van der Waals surface area contributed by atoms with Crippen LogP contribution in [0.15, 0.2) is 83.8 Å². The van der Waals surface area contributed by atoms with Gasteiger partial charge >= 0.3 is 5.97 Å². The molecule has 0 atom stereocenters. The quantitative estimate of drug-likeness (QED) is 0.225. The Morgan fingerprint density at radius 2 is 1.79 bits per heavy atom. The van der Waals surface area contributed by atoms with Crippen LogP contribution in [-0.4, -0.2) is 54.0 Å². The number of imidazole rings is 1. The highest BCUT2D eigenvalue weighted by Gasteiger charge is 2.17. The number of rotatable bonds is 11. The van der Waals surface area contributed by atoms with Gasteiger partial charge in [0.25, 0.3) is 0 Å². The summed E-state index contributed by atoms with van der Waals surface area (Å²) >= 11 is 0. The molecule has 0 amide bonds. The standard InChI is InChI=1S/C31H28FN3O6S/c1-40-15-14-35-27-17-22(31(36)37)12-13-26(27)33-29(35)18-20-10-11-21(16-24(20)32)25-7-5-9-30(34-25)41-19-23-6-3-4-8-28(23)42(2,38)39/h3-13,16-17H,14-15,18-19H2,1-2H3,(H,36,37). The molecule has 1 N–H and O–H groups in total. The molecular formula is C31H28FN3O6S. The molecule has 3 aromatic carbocycles. The maximum Gasteiger partial charge on any atom is 0.335 e. The summed E-state index contributed by atoms with van der Waals surface area (Å²) in [5, 5.41) is 9.41. The van der Waals surface area contributed by atoms with Crippen LogP contribution in [0.2, 0.25) is 0 Å². The van der Waals surface area contributed by atoms with Crippen LogP contribution in [0.1, 0.15) is 27.3 Å². The largest absolute Gasteiger partial charge is 0.478 e. The van der Waals surface area contributed by atoms with Crippen molar-refractivity contribution in [2.75, 3.05) is 20.0 Å². The van der Waals surface area contributed by atoms with Crippen LogP contribution in [0.25, 0.3) is 22.3 Å². The number of nitrogens with zero attached hydrogens (tertiary/aromatic N) is 3. The number of carbonyl (C=O) groups is 1. The molecule has 9 nitrogen and oxygen atoms in total. The number of pyridine rings is 1. The van der Waals surface area contributed by atoms with Gasteiger partial charge in [0.1, 0.15) is 18.2 Å². The predicted octanol–water partition coefficient (Wildman–Crippen LogP) is 5.16. The first-order chi connectivity index (χ1) is 20.1. The summed E-state index contributed by atoms with van der Waals surface area (Å²) in [5.41, 5.74) is 3.35. The first-order valence-corrected chi connectivity index (χ1v) is 14.9. The zero-order valence-electron chi connectivity index (χ0n) is 23.0. The molecule has 0 saturated carbocycles. The Hall–Kier alpha value is -4.61. The van der Waals surface area contributed by atoms with Gasteiger partial charge in [0.05, 0.1) is 33.8 Å². The topological polar surface area (TPSA) is 121 Å². The van der Waals surface area contributed by atoms with E-state index in [1.54, 1.807) is 67.8 Å². The van der Waals surface area contributed by atoms with Crippen LogP contribution in [-0.2, 0) is 34.1 Å². The first kappa shape index (κ1) is 28.9. The van der Waals surface area contributed by atoms with Crippen molar-refractivity contribution < 1.29 is 32.2 Å². The second-order valence-electron chi connectivity index (χ2n) is 9.69. The van der Waals surface area contributed by atoms with E-state index in [9.17, 15) is 18.3 Å². The van der Waals surface area contributed by atoms with Gasteiger partial charge in [0.2, 0.25) is 5.88 Å². The van der Waals surface area contributed by atoms with E-state index in [0.29, 0.717) is 52.4 Å². The summed E-state index contributed by atoms with van der Waals surface area (Å²) in [7, 11) is -1.85. The minimum absolute atomic E-state index is 0.00499.